The van der Waals surface area contributed by atoms with Crippen LogP contribution in [0.4, 0.5) is 4.39 Å². The summed E-state index contributed by atoms with van der Waals surface area (Å²) in [7, 11) is 0. The zero-order valence-electron chi connectivity index (χ0n) is 12.0. The summed E-state index contributed by atoms with van der Waals surface area (Å²) in [4.78, 5) is 20.5. The van der Waals surface area contributed by atoms with Gasteiger partial charge in [-0.05, 0) is 37.7 Å². The molecule has 2 aromatic heterocycles. The number of rotatable bonds is 2. The number of fused-ring (bicyclic) bond motifs is 1. The van der Waals surface area contributed by atoms with Crippen molar-refractivity contribution < 1.29 is 9.18 Å². The Bertz CT molecular complexity index is 666. The lowest BCUT2D eigenvalue weighted by molar-refractivity contribution is 0.0924. The molecule has 4 nitrogen and oxygen atoms in total. The minimum Gasteiger partial charge on any atom is -0.349 e. The number of pyridine rings is 2. The summed E-state index contributed by atoms with van der Waals surface area (Å²) in [6.45, 7) is 2.24. The van der Waals surface area contributed by atoms with Gasteiger partial charge < -0.3 is 5.32 Å². The van der Waals surface area contributed by atoms with Gasteiger partial charge in [0.25, 0.3) is 5.91 Å². The van der Waals surface area contributed by atoms with Gasteiger partial charge in [0.2, 0.25) is 0 Å². The molecule has 3 rings (SSSR count). The van der Waals surface area contributed by atoms with Crippen LogP contribution in [0.15, 0.2) is 24.5 Å². The van der Waals surface area contributed by atoms with E-state index in [1.54, 1.807) is 6.07 Å². The molecule has 110 valence electrons. The second-order valence-electron chi connectivity index (χ2n) is 5.81. The molecule has 0 aromatic carbocycles. The lowest BCUT2D eigenvalue weighted by Crippen LogP contribution is -2.37. The third-order valence-corrected chi connectivity index (χ3v) is 4.14. The van der Waals surface area contributed by atoms with Gasteiger partial charge in [0.1, 0.15) is 11.3 Å². The number of hydrogen-bond donors (Lipinski definition) is 1. The van der Waals surface area contributed by atoms with Crippen LogP contribution in [0.5, 0.6) is 0 Å². The Kier molecular flexibility index (Phi) is 3.82. The molecule has 1 saturated carbocycles. The van der Waals surface area contributed by atoms with Gasteiger partial charge >= 0.3 is 0 Å². The number of carbonyl (C=O) groups is 1. The van der Waals surface area contributed by atoms with Crippen LogP contribution >= 0.6 is 0 Å². The van der Waals surface area contributed by atoms with Gasteiger partial charge in [0.15, 0.2) is 0 Å². The first-order chi connectivity index (χ1) is 10.1. The van der Waals surface area contributed by atoms with E-state index in [9.17, 15) is 9.18 Å². The van der Waals surface area contributed by atoms with E-state index in [0.717, 1.165) is 37.8 Å². The van der Waals surface area contributed by atoms with Gasteiger partial charge in [-0.3, -0.25) is 14.8 Å². The quantitative estimate of drug-likeness (QED) is 0.923. The second kappa shape index (κ2) is 5.76. The summed E-state index contributed by atoms with van der Waals surface area (Å²) in [6.07, 6.45) is 6.94. The standard InChI is InChI=1S/C16H18FN3O/c1-10-2-4-12(5-3-10)20-16(21)13-6-7-18-14-8-11(17)9-19-15(13)14/h6-10,12H,2-5H2,1H3,(H,20,21). The first-order valence-electron chi connectivity index (χ1n) is 7.34. The number of carbonyl (C=O) groups excluding carboxylic acids is 1. The molecule has 2 aromatic rings. The lowest BCUT2D eigenvalue weighted by atomic mass is 9.87. The molecule has 1 aliphatic rings. The van der Waals surface area contributed by atoms with Crippen molar-refractivity contribution in [2.75, 3.05) is 0 Å². The fourth-order valence-corrected chi connectivity index (χ4v) is 2.86. The third-order valence-electron chi connectivity index (χ3n) is 4.14. The average Bonchev–Trinajstić information content (AvgIpc) is 2.48. The molecular formula is C16H18FN3O. The molecule has 1 amide bonds. The highest BCUT2D eigenvalue weighted by atomic mass is 19.1. The molecule has 0 aliphatic heterocycles. The first-order valence-corrected chi connectivity index (χ1v) is 7.34. The van der Waals surface area contributed by atoms with Gasteiger partial charge in [-0.1, -0.05) is 6.92 Å². The van der Waals surface area contributed by atoms with Crippen molar-refractivity contribution in [2.24, 2.45) is 5.92 Å². The summed E-state index contributed by atoms with van der Waals surface area (Å²) < 4.78 is 13.2. The van der Waals surface area contributed by atoms with Crippen molar-refractivity contribution in [1.29, 1.82) is 0 Å². The Morgan fingerprint density at radius 3 is 2.81 bits per heavy atom. The van der Waals surface area contributed by atoms with Gasteiger partial charge in [-0.25, -0.2) is 4.39 Å². The molecule has 1 fully saturated rings. The van der Waals surface area contributed by atoms with E-state index in [0.29, 0.717) is 16.6 Å². The molecule has 0 unspecified atom stereocenters. The molecule has 21 heavy (non-hydrogen) atoms. The van der Waals surface area contributed by atoms with E-state index in [4.69, 9.17) is 0 Å². The van der Waals surface area contributed by atoms with Crippen molar-refractivity contribution in [3.63, 3.8) is 0 Å². The van der Waals surface area contributed by atoms with E-state index >= 15 is 0 Å². The zero-order chi connectivity index (χ0) is 14.8. The second-order valence-corrected chi connectivity index (χ2v) is 5.81. The molecule has 0 spiro atoms. The smallest absolute Gasteiger partial charge is 0.253 e. The maximum absolute atomic E-state index is 13.2. The Balaban J connectivity index is 1.81. The highest BCUT2D eigenvalue weighted by molar-refractivity contribution is 6.04. The maximum atomic E-state index is 13.2. The van der Waals surface area contributed by atoms with Gasteiger partial charge in [0.05, 0.1) is 17.3 Å². The minimum absolute atomic E-state index is 0.152. The van der Waals surface area contributed by atoms with E-state index in [1.807, 2.05) is 0 Å². The Morgan fingerprint density at radius 2 is 2.05 bits per heavy atom. The summed E-state index contributed by atoms with van der Waals surface area (Å²) >= 11 is 0. The van der Waals surface area contributed by atoms with Gasteiger partial charge in [0, 0.05) is 18.3 Å². The monoisotopic (exact) mass is 287 g/mol. The van der Waals surface area contributed by atoms with Crippen LogP contribution in [0.25, 0.3) is 11.0 Å². The van der Waals surface area contributed by atoms with E-state index in [-0.39, 0.29) is 11.9 Å². The molecule has 0 saturated heterocycles. The van der Waals surface area contributed by atoms with Gasteiger partial charge in [-0.2, -0.15) is 0 Å². The van der Waals surface area contributed by atoms with Crippen LogP contribution < -0.4 is 5.32 Å². The summed E-state index contributed by atoms with van der Waals surface area (Å²) in [5.74, 6) is 0.138. The van der Waals surface area contributed by atoms with Crippen LogP contribution in [0.1, 0.15) is 43.0 Å². The van der Waals surface area contributed by atoms with E-state index in [1.165, 1.54) is 12.3 Å². The number of nitrogens with zero attached hydrogens (tertiary/aromatic N) is 2. The van der Waals surface area contributed by atoms with Crippen LogP contribution in [0, 0.1) is 11.7 Å². The number of aromatic nitrogens is 2. The summed E-state index contributed by atoms with van der Waals surface area (Å²) in [5, 5.41) is 3.06. The van der Waals surface area contributed by atoms with Crippen molar-refractivity contribution in [3.05, 3.63) is 35.9 Å². The van der Waals surface area contributed by atoms with Crippen LogP contribution in [-0.2, 0) is 0 Å². The number of hydrogen-bond acceptors (Lipinski definition) is 3. The Hall–Kier alpha value is -2.04. The molecule has 1 aliphatic carbocycles. The third kappa shape index (κ3) is 3.01. The van der Waals surface area contributed by atoms with Crippen LogP contribution in [-0.4, -0.2) is 21.9 Å². The molecule has 2 heterocycles. The summed E-state index contributed by atoms with van der Waals surface area (Å²) in [5.41, 5.74) is 1.30. The predicted octanol–water partition coefficient (Wildman–Crippen LogP) is 3.08. The molecule has 5 heteroatoms. The van der Waals surface area contributed by atoms with E-state index in [2.05, 4.69) is 22.2 Å². The predicted molar refractivity (Wildman–Crippen MR) is 78.4 cm³/mol. The first kappa shape index (κ1) is 13.9. The van der Waals surface area contributed by atoms with Crippen LogP contribution in [0.3, 0.4) is 0 Å². The van der Waals surface area contributed by atoms with E-state index < -0.39 is 5.82 Å². The minimum atomic E-state index is -0.450. The fraction of sp³-hybridized carbons (Fsp3) is 0.438. The fourth-order valence-electron chi connectivity index (χ4n) is 2.86. The maximum Gasteiger partial charge on any atom is 0.253 e. The molecular weight excluding hydrogens is 269 g/mol. The Labute approximate surface area is 122 Å². The van der Waals surface area contributed by atoms with Crippen molar-refractivity contribution in [3.8, 4) is 0 Å². The van der Waals surface area contributed by atoms with Crippen LogP contribution in [0.2, 0.25) is 0 Å². The van der Waals surface area contributed by atoms with Crippen molar-refractivity contribution in [1.82, 2.24) is 15.3 Å². The van der Waals surface area contributed by atoms with Crippen molar-refractivity contribution in [2.45, 2.75) is 38.6 Å². The summed E-state index contributed by atoms with van der Waals surface area (Å²) in [6, 6.07) is 3.15. The zero-order valence-corrected chi connectivity index (χ0v) is 12.0. The SMILES string of the molecule is CC1CCC(NC(=O)c2ccnc3cc(F)cnc23)CC1. The normalized spacial score (nSPS) is 22.2. The molecule has 0 atom stereocenters. The molecule has 0 radical (unpaired) electrons. The lowest BCUT2D eigenvalue weighted by Gasteiger charge is -2.27. The number of amides is 1. The molecule has 1 N–H and O–H groups in total. The van der Waals surface area contributed by atoms with Gasteiger partial charge in [-0.15, -0.1) is 0 Å². The number of halogens is 1. The largest absolute Gasteiger partial charge is 0.349 e. The average molecular weight is 287 g/mol. The topological polar surface area (TPSA) is 54.9 Å². The Morgan fingerprint density at radius 1 is 1.29 bits per heavy atom. The van der Waals surface area contributed by atoms with Crippen molar-refractivity contribution >= 4 is 16.9 Å². The highest BCUT2D eigenvalue weighted by Crippen LogP contribution is 2.24. The highest BCUT2D eigenvalue weighted by Gasteiger charge is 2.21. The number of nitrogens with one attached hydrogen (secondary N) is 1. The molecule has 0 bridgehead atoms.